The molecule has 0 unspecified atom stereocenters. The number of fused-ring (bicyclic) bond motifs is 1. The number of aromatic amines is 1. The normalized spacial score (nSPS) is 20.1. The molecule has 3 heterocycles. The monoisotopic (exact) mass is 384 g/mol. The number of aromatic hydroxyl groups is 1. The van der Waals surface area contributed by atoms with E-state index in [2.05, 4.69) is 21.7 Å². The van der Waals surface area contributed by atoms with Crippen molar-refractivity contribution in [3.8, 4) is 11.5 Å². The van der Waals surface area contributed by atoms with E-state index in [1.54, 1.807) is 19.2 Å². The molecule has 1 aromatic heterocycles. The van der Waals surface area contributed by atoms with Gasteiger partial charge in [-0.3, -0.25) is 14.7 Å². The molecule has 2 aliphatic heterocycles. The Morgan fingerprint density at radius 1 is 1.32 bits per heavy atom. The zero-order valence-corrected chi connectivity index (χ0v) is 16.6. The van der Waals surface area contributed by atoms with Crippen LogP contribution in [0.1, 0.15) is 43.0 Å². The van der Waals surface area contributed by atoms with Gasteiger partial charge in [0.25, 0.3) is 5.56 Å². The Bertz CT molecular complexity index is 911. The van der Waals surface area contributed by atoms with Crippen molar-refractivity contribution < 1.29 is 9.84 Å². The van der Waals surface area contributed by atoms with Crippen LogP contribution in [0.15, 0.2) is 23.0 Å². The largest absolute Gasteiger partial charge is 0.504 e. The summed E-state index contributed by atoms with van der Waals surface area (Å²) in [5.41, 5.74) is 2.69. The first-order valence-corrected chi connectivity index (χ1v) is 10.0. The van der Waals surface area contributed by atoms with Crippen molar-refractivity contribution in [1.82, 2.24) is 14.9 Å². The molecular formula is C21H28N4O3. The van der Waals surface area contributed by atoms with Crippen molar-refractivity contribution in [1.29, 1.82) is 0 Å². The molecule has 7 heteroatoms. The Hall–Kier alpha value is -2.54. The minimum atomic E-state index is -0.000449. The van der Waals surface area contributed by atoms with Gasteiger partial charge in [-0.15, -0.1) is 0 Å². The number of hydrogen-bond donors (Lipinski definition) is 2. The SMILES string of the molecule is COc1ccc(CN2CCc3c(nc(N4CCCC[C@@H]4C)[nH]c3=O)C2)cc1O. The average molecular weight is 384 g/mol. The molecule has 4 rings (SSSR count). The molecule has 0 saturated carbocycles. The third-order valence-electron chi connectivity index (χ3n) is 5.86. The van der Waals surface area contributed by atoms with Crippen molar-refractivity contribution in [2.45, 2.75) is 51.7 Å². The zero-order chi connectivity index (χ0) is 19.7. The van der Waals surface area contributed by atoms with E-state index in [1.807, 2.05) is 6.07 Å². The second-order valence-electron chi connectivity index (χ2n) is 7.82. The van der Waals surface area contributed by atoms with Crippen LogP contribution >= 0.6 is 0 Å². The Morgan fingerprint density at radius 3 is 2.93 bits per heavy atom. The fourth-order valence-corrected chi connectivity index (χ4v) is 4.26. The van der Waals surface area contributed by atoms with Crippen molar-refractivity contribution in [2.75, 3.05) is 25.1 Å². The molecule has 0 spiro atoms. The van der Waals surface area contributed by atoms with Crippen molar-refractivity contribution in [3.05, 3.63) is 45.4 Å². The number of hydrogen-bond acceptors (Lipinski definition) is 6. The number of nitrogens with one attached hydrogen (secondary N) is 1. The first-order chi connectivity index (χ1) is 13.5. The molecule has 0 bridgehead atoms. The van der Waals surface area contributed by atoms with Crippen LogP contribution < -0.4 is 15.2 Å². The molecule has 1 fully saturated rings. The number of phenolic OH excluding ortho intramolecular Hbond substituents is 1. The molecule has 2 N–H and O–H groups in total. The molecule has 0 radical (unpaired) electrons. The number of piperidine rings is 1. The van der Waals surface area contributed by atoms with E-state index in [9.17, 15) is 9.90 Å². The van der Waals surface area contributed by atoms with E-state index >= 15 is 0 Å². The highest BCUT2D eigenvalue weighted by Gasteiger charge is 2.25. The molecule has 2 aliphatic rings. The zero-order valence-electron chi connectivity index (χ0n) is 16.6. The molecule has 1 aromatic carbocycles. The van der Waals surface area contributed by atoms with Gasteiger partial charge in [0.1, 0.15) is 0 Å². The molecule has 0 aliphatic carbocycles. The summed E-state index contributed by atoms with van der Waals surface area (Å²) in [6, 6.07) is 5.87. The lowest BCUT2D eigenvalue weighted by Crippen LogP contribution is -2.41. The predicted octanol–water partition coefficient (Wildman–Crippen LogP) is 2.42. The number of methoxy groups -OCH3 is 1. The van der Waals surface area contributed by atoms with Gasteiger partial charge in [-0.05, 0) is 50.3 Å². The Morgan fingerprint density at radius 2 is 2.18 bits per heavy atom. The molecular weight excluding hydrogens is 356 g/mol. The Balaban J connectivity index is 1.54. The van der Waals surface area contributed by atoms with Crippen LogP contribution in [-0.4, -0.2) is 46.2 Å². The van der Waals surface area contributed by atoms with E-state index < -0.39 is 0 Å². The third kappa shape index (κ3) is 3.71. The third-order valence-corrected chi connectivity index (χ3v) is 5.86. The molecule has 0 amide bonds. The van der Waals surface area contributed by atoms with Gasteiger partial charge in [0.15, 0.2) is 11.5 Å². The number of ether oxygens (including phenoxy) is 1. The first kappa shape index (κ1) is 18.8. The van der Waals surface area contributed by atoms with Gasteiger partial charge < -0.3 is 14.7 Å². The quantitative estimate of drug-likeness (QED) is 0.843. The number of H-pyrrole nitrogens is 1. The van der Waals surface area contributed by atoms with Gasteiger partial charge >= 0.3 is 0 Å². The van der Waals surface area contributed by atoms with Gasteiger partial charge in [0, 0.05) is 37.8 Å². The number of nitrogens with zero attached hydrogens (tertiary/aromatic N) is 3. The maximum Gasteiger partial charge on any atom is 0.255 e. The lowest BCUT2D eigenvalue weighted by Gasteiger charge is -2.35. The van der Waals surface area contributed by atoms with E-state index in [0.29, 0.717) is 37.3 Å². The summed E-state index contributed by atoms with van der Waals surface area (Å²) in [7, 11) is 1.54. The van der Waals surface area contributed by atoms with Crippen molar-refractivity contribution >= 4 is 5.95 Å². The fraction of sp³-hybridized carbons (Fsp3) is 0.524. The van der Waals surface area contributed by atoms with Gasteiger partial charge in [-0.25, -0.2) is 4.98 Å². The molecule has 7 nitrogen and oxygen atoms in total. The highest BCUT2D eigenvalue weighted by molar-refractivity contribution is 5.42. The molecule has 2 aromatic rings. The maximum absolute atomic E-state index is 12.6. The van der Waals surface area contributed by atoms with Gasteiger partial charge in [-0.1, -0.05) is 6.07 Å². The van der Waals surface area contributed by atoms with E-state index in [4.69, 9.17) is 9.72 Å². The summed E-state index contributed by atoms with van der Waals surface area (Å²) in [5, 5.41) is 10.0. The van der Waals surface area contributed by atoms with Crippen molar-refractivity contribution in [3.63, 3.8) is 0 Å². The summed E-state index contributed by atoms with van der Waals surface area (Å²) in [6.07, 6.45) is 4.19. The van der Waals surface area contributed by atoms with Crippen LogP contribution in [0.4, 0.5) is 5.95 Å². The van der Waals surface area contributed by atoms with Crippen LogP contribution in [-0.2, 0) is 19.5 Å². The number of anilines is 1. The summed E-state index contributed by atoms with van der Waals surface area (Å²) in [5.74, 6) is 1.33. The Kier molecular flexibility index (Phi) is 5.26. The van der Waals surface area contributed by atoms with Gasteiger partial charge in [0.05, 0.1) is 12.8 Å². The van der Waals surface area contributed by atoms with Crippen LogP contribution in [0, 0.1) is 0 Å². The van der Waals surface area contributed by atoms with E-state index in [-0.39, 0.29) is 11.3 Å². The summed E-state index contributed by atoms with van der Waals surface area (Å²) >= 11 is 0. The number of aromatic nitrogens is 2. The van der Waals surface area contributed by atoms with Crippen LogP contribution in [0.2, 0.25) is 0 Å². The van der Waals surface area contributed by atoms with Crippen LogP contribution in [0.25, 0.3) is 0 Å². The van der Waals surface area contributed by atoms with Crippen molar-refractivity contribution in [2.24, 2.45) is 0 Å². The predicted molar refractivity (Wildman–Crippen MR) is 108 cm³/mol. The highest BCUT2D eigenvalue weighted by atomic mass is 16.5. The van der Waals surface area contributed by atoms with Gasteiger partial charge in [0.2, 0.25) is 5.95 Å². The summed E-state index contributed by atoms with van der Waals surface area (Å²) in [6.45, 7) is 5.27. The topological polar surface area (TPSA) is 81.7 Å². The molecule has 1 atom stereocenters. The molecule has 28 heavy (non-hydrogen) atoms. The average Bonchev–Trinajstić information content (AvgIpc) is 2.68. The second-order valence-corrected chi connectivity index (χ2v) is 7.82. The van der Waals surface area contributed by atoms with E-state index in [0.717, 1.165) is 42.8 Å². The van der Waals surface area contributed by atoms with Crippen LogP contribution in [0.3, 0.4) is 0 Å². The lowest BCUT2D eigenvalue weighted by molar-refractivity contribution is 0.240. The second kappa shape index (κ2) is 7.83. The number of phenols is 1. The standard InChI is InChI=1S/C21H28N4O3/c1-14-5-3-4-9-25(14)21-22-17-13-24(10-8-16(17)20(27)23-21)12-15-6-7-19(28-2)18(26)11-15/h6-7,11,14,26H,3-5,8-10,12-13H2,1-2H3,(H,22,23,27)/t14-/m0/s1. The summed E-state index contributed by atoms with van der Waals surface area (Å²) in [4.78, 5) is 25.0. The smallest absolute Gasteiger partial charge is 0.255 e. The lowest BCUT2D eigenvalue weighted by atomic mass is 10.0. The fourth-order valence-electron chi connectivity index (χ4n) is 4.26. The molecule has 1 saturated heterocycles. The molecule has 150 valence electrons. The highest BCUT2D eigenvalue weighted by Crippen LogP contribution is 2.28. The Labute approximate surface area is 165 Å². The van der Waals surface area contributed by atoms with E-state index in [1.165, 1.54) is 6.42 Å². The minimum Gasteiger partial charge on any atom is -0.504 e. The summed E-state index contributed by atoms with van der Waals surface area (Å²) < 4.78 is 5.11. The number of benzene rings is 1. The van der Waals surface area contributed by atoms with Crippen LogP contribution in [0.5, 0.6) is 11.5 Å². The first-order valence-electron chi connectivity index (χ1n) is 10.0. The van der Waals surface area contributed by atoms with Gasteiger partial charge in [-0.2, -0.15) is 0 Å². The maximum atomic E-state index is 12.6. The minimum absolute atomic E-state index is 0.000449. The number of rotatable bonds is 4.